The lowest BCUT2D eigenvalue weighted by molar-refractivity contribution is 0.352. The molecule has 0 radical (unpaired) electrons. The molecule has 5 nitrogen and oxygen atoms in total. The quantitative estimate of drug-likeness (QED) is 0.794. The minimum atomic E-state index is -0.240. The normalized spacial score (nSPS) is 12.8. The largest absolute Gasteiger partial charge is 0.337 e. The lowest BCUT2D eigenvalue weighted by Gasteiger charge is -2.02. The minimum absolute atomic E-state index is 0.240. The van der Waals surface area contributed by atoms with Gasteiger partial charge in [0.15, 0.2) is 0 Å². The molecule has 0 spiro atoms. The van der Waals surface area contributed by atoms with E-state index in [2.05, 4.69) is 31.1 Å². The van der Waals surface area contributed by atoms with Crippen molar-refractivity contribution in [3.8, 4) is 11.5 Å². The van der Waals surface area contributed by atoms with Crippen molar-refractivity contribution in [3.63, 3.8) is 0 Å². The number of hydrogen-bond acceptors (Lipinski definition) is 5. The first-order valence-corrected chi connectivity index (χ1v) is 7.13. The Morgan fingerprint density at radius 1 is 1.30 bits per heavy atom. The maximum atomic E-state index is 5.89. The molecule has 2 aromatic heterocycles. The Labute approximate surface area is 124 Å². The molecule has 3 rings (SSSR count). The highest BCUT2D eigenvalue weighted by Gasteiger charge is 2.17. The van der Waals surface area contributed by atoms with E-state index in [1.807, 2.05) is 37.3 Å². The van der Waals surface area contributed by atoms with Gasteiger partial charge < -0.3 is 10.3 Å². The van der Waals surface area contributed by atoms with Crippen LogP contribution in [0.1, 0.15) is 25.3 Å². The molecule has 0 aliphatic heterocycles. The molecule has 0 unspecified atom stereocenters. The van der Waals surface area contributed by atoms with Gasteiger partial charge in [0, 0.05) is 9.86 Å². The zero-order valence-electron chi connectivity index (χ0n) is 10.9. The molecule has 2 N–H and O–H groups in total. The summed E-state index contributed by atoms with van der Waals surface area (Å²) < 4.78 is 6.02. The van der Waals surface area contributed by atoms with Crippen LogP contribution in [0.5, 0.6) is 0 Å². The molecule has 0 aliphatic rings. The van der Waals surface area contributed by atoms with Crippen LogP contribution >= 0.6 is 15.9 Å². The molecule has 3 aromatic rings. The van der Waals surface area contributed by atoms with Crippen molar-refractivity contribution in [1.82, 2.24) is 15.1 Å². The van der Waals surface area contributed by atoms with Gasteiger partial charge in [-0.1, -0.05) is 30.3 Å². The van der Waals surface area contributed by atoms with Gasteiger partial charge in [-0.05, 0) is 34.5 Å². The molecule has 1 atom stereocenters. The third-order valence-corrected chi connectivity index (χ3v) is 3.69. The van der Waals surface area contributed by atoms with E-state index in [0.717, 1.165) is 21.8 Å². The van der Waals surface area contributed by atoms with Gasteiger partial charge >= 0.3 is 0 Å². The smallest absolute Gasteiger partial charge is 0.243 e. The number of rotatable bonds is 3. The molecular weight excluding hydrogens is 320 g/mol. The first-order valence-electron chi connectivity index (χ1n) is 6.34. The predicted octanol–water partition coefficient (Wildman–Crippen LogP) is 3.46. The molecule has 102 valence electrons. The van der Waals surface area contributed by atoms with Crippen LogP contribution in [0.25, 0.3) is 22.4 Å². The molecule has 0 aliphatic carbocycles. The standard InChI is InChI=1S/C14H13BrN4O/c1-2-10(16)14-18-13(19-20-14)12-9(15)7-8-5-3-4-6-11(8)17-12/h3-7,10H,2,16H2,1H3/t10-/m1/s1. The number of halogens is 1. The second-order valence-electron chi connectivity index (χ2n) is 4.48. The van der Waals surface area contributed by atoms with E-state index in [-0.39, 0.29) is 6.04 Å². The Balaban J connectivity index is 2.09. The van der Waals surface area contributed by atoms with Crippen LogP contribution in [-0.2, 0) is 0 Å². The van der Waals surface area contributed by atoms with Crippen LogP contribution in [0.15, 0.2) is 39.3 Å². The summed E-state index contributed by atoms with van der Waals surface area (Å²) in [6.45, 7) is 1.97. The zero-order chi connectivity index (χ0) is 14.1. The lowest BCUT2D eigenvalue weighted by atomic mass is 10.2. The van der Waals surface area contributed by atoms with Gasteiger partial charge in [0.1, 0.15) is 5.69 Å². The fourth-order valence-corrected chi connectivity index (χ4v) is 2.42. The van der Waals surface area contributed by atoms with Crippen LogP contribution in [0.3, 0.4) is 0 Å². The highest BCUT2D eigenvalue weighted by Crippen LogP contribution is 2.28. The van der Waals surface area contributed by atoms with E-state index in [1.54, 1.807) is 0 Å². The molecule has 0 saturated carbocycles. The molecule has 0 saturated heterocycles. The molecule has 2 heterocycles. The van der Waals surface area contributed by atoms with Gasteiger partial charge in [-0.2, -0.15) is 4.98 Å². The van der Waals surface area contributed by atoms with Crippen LogP contribution in [0, 0.1) is 0 Å². The Kier molecular flexibility index (Phi) is 3.50. The Hall–Kier alpha value is -1.79. The van der Waals surface area contributed by atoms with E-state index >= 15 is 0 Å². The number of pyridine rings is 1. The average molecular weight is 333 g/mol. The molecule has 20 heavy (non-hydrogen) atoms. The van der Waals surface area contributed by atoms with E-state index in [4.69, 9.17) is 10.3 Å². The summed E-state index contributed by atoms with van der Waals surface area (Å²) in [5.41, 5.74) is 7.43. The topological polar surface area (TPSA) is 77.8 Å². The summed E-state index contributed by atoms with van der Waals surface area (Å²) in [6, 6.07) is 9.63. The maximum absolute atomic E-state index is 5.89. The molecule has 1 aromatic carbocycles. The SMILES string of the molecule is CC[C@@H](N)c1nc(-c2nc3ccccc3cc2Br)no1. The van der Waals surface area contributed by atoms with E-state index in [9.17, 15) is 0 Å². The summed E-state index contributed by atoms with van der Waals surface area (Å²) in [5.74, 6) is 0.880. The van der Waals surface area contributed by atoms with E-state index < -0.39 is 0 Å². The maximum Gasteiger partial charge on any atom is 0.243 e. The lowest BCUT2D eigenvalue weighted by Crippen LogP contribution is -2.08. The van der Waals surface area contributed by atoms with E-state index in [0.29, 0.717) is 17.4 Å². The van der Waals surface area contributed by atoms with Gasteiger partial charge in [-0.15, -0.1) is 0 Å². The number of aromatic nitrogens is 3. The van der Waals surface area contributed by atoms with Gasteiger partial charge in [0.25, 0.3) is 0 Å². The van der Waals surface area contributed by atoms with E-state index in [1.165, 1.54) is 0 Å². The highest BCUT2D eigenvalue weighted by molar-refractivity contribution is 9.10. The van der Waals surface area contributed by atoms with Crippen molar-refractivity contribution < 1.29 is 4.52 Å². The second kappa shape index (κ2) is 5.30. The summed E-state index contributed by atoms with van der Waals surface area (Å²) >= 11 is 3.50. The van der Waals surface area contributed by atoms with Gasteiger partial charge in [-0.3, -0.25) is 0 Å². The zero-order valence-corrected chi connectivity index (χ0v) is 12.5. The third-order valence-electron chi connectivity index (χ3n) is 3.09. The minimum Gasteiger partial charge on any atom is -0.337 e. The molecule has 0 bridgehead atoms. The van der Waals surface area contributed by atoms with Crippen molar-refractivity contribution in [2.24, 2.45) is 5.73 Å². The third kappa shape index (κ3) is 2.32. The summed E-state index contributed by atoms with van der Waals surface area (Å²) in [6.07, 6.45) is 0.744. The molecular formula is C14H13BrN4O. The van der Waals surface area contributed by atoms with Gasteiger partial charge in [-0.25, -0.2) is 4.98 Å². The Bertz CT molecular complexity index is 756. The first kappa shape index (κ1) is 13.2. The van der Waals surface area contributed by atoms with Gasteiger partial charge in [0.2, 0.25) is 11.7 Å². The van der Waals surface area contributed by atoms with Crippen molar-refractivity contribution in [2.45, 2.75) is 19.4 Å². The molecule has 6 heteroatoms. The van der Waals surface area contributed by atoms with Gasteiger partial charge in [0.05, 0.1) is 11.6 Å². The number of hydrogen-bond donors (Lipinski definition) is 1. The average Bonchev–Trinajstić information content (AvgIpc) is 2.95. The number of para-hydroxylation sites is 1. The van der Waals surface area contributed by atoms with Crippen LogP contribution < -0.4 is 5.73 Å². The van der Waals surface area contributed by atoms with Crippen molar-refractivity contribution >= 4 is 26.8 Å². The molecule has 0 fully saturated rings. The number of fused-ring (bicyclic) bond motifs is 1. The number of nitrogens with two attached hydrogens (primary N) is 1. The first-order chi connectivity index (χ1) is 9.69. The summed E-state index contributed by atoms with van der Waals surface area (Å²) in [5, 5.41) is 5.02. The second-order valence-corrected chi connectivity index (χ2v) is 5.34. The van der Waals surface area contributed by atoms with Crippen molar-refractivity contribution in [2.75, 3.05) is 0 Å². The monoisotopic (exact) mass is 332 g/mol. The number of nitrogens with zero attached hydrogens (tertiary/aromatic N) is 3. The Morgan fingerprint density at radius 3 is 2.90 bits per heavy atom. The highest BCUT2D eigenvalue weighted by atomic mass is 79.9. The van der Waals surface area contributed by atoms with Crippen LogP contribution in [-0.4, -0.2) is 15.1 Å². The fraction of sp³-hybridized carbons (Fsp3) is 0.214. The Morgan fingerprint density at radius 2 is 2.10 bits per heavy atom. The van der Waals surface area contributed by atoms with Crippen LogP contribution in [0.4, 0.5) is 0 Å². The summed E-state index contributed by atoms with van der Waals surface area (Å²) in [7, 11) is 0. The predicted molar refractivity (Wildman–Crippen MR) is 80.0 cm³/mol. The number of benzene rings is 1. The van der Waals surface area contributed by atoms with Crippen molar-refractivity contribution in [1.29, 1.82) is 0 Å². The van der Waals surface area contributed by atoms with Crippen molar-refractivity contribution in [3.05, 3.63) is 40.7 Å². The van der Waals surface area contributed by atoms with Crippen LogP contribution in [0.2, 0.25) is 0 Å². The fourth-order valence-electron chi connectivity index (χ4n) is 1.90. The summed E-state index contributed by atoms with van der Waals surface area (Å²) in [4.78, 5) is 8.89. The molecule has 0 amide bonds.